The Balaban J connectivity index is 0.00000660. The average Bonchev–Trinajstić information content (AvgIpc) is 4.16. The number of para-hydroxylation sites is 3. The second-order valence-electron chi connectivity index (χ2n) is 24.8. The van der Waals surface area contributed by atoms with Gasteiger partial charge in [-0.1, -0.05) is 208 Å². The molecule has 390 valence electrons. The molecule has 3 aromatic heterocycles. The molecule has 12 rings (SSSR count). The van der Waals surface area contributed by atoms with Gasteiger partial charge in [-0.3, -0.25) is 0 Å². The van der Waals surface area contributed by atoms with E-state index < -0.39 is 19.9 Å². The molecule has 0 atom stereocenters. The van der Waals surface area contributed by atoms with Crippen LogP contribution in [0.25, 0.3) is 82.1 Å². The van der Waals surface area contributed by atoms with Crippen LogP contribution in [-0.4, -0.2) is 22.2 Å². The van der Waals surface area contributed by atoms with Crippen molar-refractivity contribution in [3.05, 3.63) is 205 Å². The van der Waals surface area contributed by atoms with Crippen LogP contribution in [0.3, 0.4) is 0 Å². The van der Waals surface area contributed by atoms with Gasteiger partial charge in [-0.05, 0) is 130 Å². The van der Waals surface area contributed by atoms with Gasteiger partial charge in [-0.25, -0.2) is 4.98 Å². The summed E-state index contributed by atoms with van der Waals surface area (Å²) in [7, 11) is -2.00. The Morgan fingerprint density at radius 3 is 1.83 bits per heavy atom. The predicted octanol–water partition coefficient (Wildman–Crippen LogP) is 18.6. The topological polar surface area (TPSA) is 35.2 Å². The zero-order chi connectivity index (χ0) is 54.8. The summed E-state index contributed by atoms with van der Waals surface area (Å²) in [4.78, 5) is 7.22. The molecule has 11 aromatic rings. The van der Waals surface area contributed by atoms with Crippen molar-refractivity contribution in [1.29, 1.82) is 0 Å². The number of ether oxygens (including phenoxy) is 1. The van der Waals surface area contributed by atoms with Gasteiger partial charge in [0.05, 0.1) is 8.07 Å². The summed E-state index contributed by atoms with van der Waals surface area (Å²) < 4.78 is 30.9. The second kappa shape index (κ2) is 19.1. The molecule has 0 saturated heterocycles. The maximum Gasteiger partial charge on any atom is 0.135 e. The van der Waals surface area contributed by atoms with Crippen molar-refractivity contribution >= 4 is 89.8 Å². The van der Waals surface area contributed by atoms with E-state index in [0.29, 0.717) is 17.1 Å². The van der Waals surface area contributed by atoms with Gasteiger partial charge in [0.2, 0.25) is 0 Å². The van der Waals surface area contributed by atoms with E-state index in [1.165, 1.54) is 10.8 Å². The molecule has 0 fully saturated rings. The molecule has 0 unspecified atom stereocenters. The zero-order valence-electron chi connectivity index (χ0n) is 48.3. The van der Waals surface area contributed by atoms with Gasteiger partial charge in [0.15, 0.2) is 0 Å². The predicted molar refractivity (Wildman–Crippen MR) is 326 cm³/mol. The van der Waals surface area contributed by atoms with Gasteiger partial charge >= 0.3 is 0 Å². The van der Waals surface area contributed by atoms with Crippen molar-refractivity contribution in [3.63, 3.8) is 0 Å². The third-order valence-corrected chi connectivity index (χ3v) is 17.0. The molecule has 0 N–H and O–H groups in total. The number of fused-ring (bicyclic) bond motifs is 10. The van der Waals surface area contributed by atoms with Crippen LogP contribution in [0.2, 0.25) is 19.6 Å². The number of aromatic nitrogens is 3. The molecule has 0 bridgehead atoms. The molecule has 0 spiro atoms. The van der Waals surface area contributed by atoms with Gasteiger partial charge < -0.3 is 18.8 Å². The Bertz CT molecular complexity index is 4320. The number of rotatable bonds is 7. The van der Waals surface area contributed by atoms with Crippen LogP contribution < -0.4 is 14.8 Å². The van der Waals surface area contributed by atoms with Crippen molar-refractivity contribution in [1.82, 2.24) is 14.1 Å². The van der Waals surface area contributed by atoms with E-state index in [-0.39, 0.29) is 31.9 Å². The van der Waals surface area contributed by atoms with Gasteiger partial charge in [-0.2, -0.15) is 11.3 Å². The average molecular weight is 1210 g/mol. The molecule has 1 aliphatic rings. The van der Waals surface area contributed by atoms with E-state index in [4.69, 9.17) is 9.72 Å². The monoisotopic (exact) mass is 1200 g/mol. The Hall–Kier alpha value is -7.11. The number of nitrogens with zero attached hydrogens (tertiary/aromatic N) is 4. The number of benzene rings is 8. The maximum absolute atomic E-state index is 9.64. The van der Waals surface area contributed by atoms with Crippen LogP contribution in [0, 0.1) is 24.2 Å². The minimum Gasteiger partial charge on any atom is -0.509 e. The van der Waals surface area contributed by atoms with E-state index in [9.17, 15) is 2.74 Å². The molecule has 1 aliphatic heterocycles. The molecule has 77 heavy (non-hydrogen) atoms. The minimum absolute atomic E-state index is 0. The van der Waals surface area contributed by atoms with Crippen molar-refractivity contribution in [2.24, 2.45) is 5.41 Å². The second-order valence-corrected chi connectivity index (χ2v) is 29.9. The van der Waals surface area contributed by atoms with E-state index in [0.717, 1.165) is 99.0 Å². The molecule has 0 saturated carbocycles. The first-order valence-corrected chi connectivity index (χ1v) is 30.2. The summed E-state index contributed by atoms with van der Waals surface area (Å²) in [5, 5.41) is 10.2. The van der Waals surface area contributed by atoms with Gasteiger partial charge in [0.1, 0.15) is 5.82 Å². The van der Waals surface area contributed by atoms with E-state index in [1.807, 2.05) is 33.0 Å². The van der Waals surface area contributed by atoms with Crippen molar-refractivity contribution in [2.45, 2.75) is 99.2 Å². The molecule has 0 amide bonds. The van der Waals surface area contributed by atoms with Crippen LogP contribution in [0.15, 0.2) is 170 Å². The standard InChI is InChI=1S/C70H67N4OSi.Pt/c1-68(2,3)43-45-35-46(37-48(36-45)70(7,8)9)53-26-19-27-60-56-23-15-13-21-54(56)55-22-14-16-24-57(55)61-28-20-30-63-67(61)73(66(53)60)44-72(63)49-39-51(41-52(40-49)76(10,11)12)75-50-31-32-59-58-25-17-18-29-62(58)74(64(59)42-50)65-38-47(33-34-71-65)69(4,5)6;/h13-38,40-41,44H,43H2,1-12H3;/q-3;/i43D2;. The largest absolute Gasteiger partial charge is 0.509 e. The maximum atomic E-state index is 9.64. The van der Waals surface area contributed by atoms with Gasteiger partial charge in [0, 0.05) is 52.7 Å². The summed E-state index contributed by atoms with van der Waals surface area (Å²) in [6.07, 6.45) is 0.285. The quantitative estimate of drug-likeness (QED) is 0.118. The third kappa shape index (κ3) is 9.52. The van der Waals surface area contributed by atoms with Gasteiger partial charge in [-0.15, -0.1) is 35.7 Å². The molecule has 5 nitrogen and oxygen atoms in total. The first-order chi connectivity index (χ1) is 37.0. The molecule has 7 heteroatoms. The van der Waals surface area contributed by atoms with Crippen LogP contribution in [-0.2, 0) is 38.3 Å². The van der Waals surface area contributed by atoms with E-state index in [1.54, 1.807) is 0 Å². The fourth-order valence-electron chi connectivity index (χ4n) is 11.1. The Kier molecular flexibility index (Phi) is 12.3. The first kappa shape index (κ1) is 49.5. The summed E-state index contributed by atoms with van der Waals surface area (Å²) in [6.45, 7) is 28.7. The molecule has 8 aromatic carbocycles. The van der Waals surface area contributed by atoms with Crippen molar-refractivity contribution in [2.75, 3.05) is 4.90 Å². The summed E-state index contributed by atoms with van der Waals surface area (Å²) >= 11 is 0. The number of hydrogen-bond acceptors (Lipinski definition) is 3. The normalized spacial score (nSPS) is 13.5. The Labute approximate surface area is 473 Å². The third-order valence-electron chi connectivity index (χ3n) is 15.0. The van der Waals surface area contributed by atoms with Crippen LogP contribution in [0.4, 0.5) is 11.4 Å². The SMILES string of the molecule is [2H]C([2H])(c1cc(-c2cccc3c4ccccc4c4ccccc4c4cccc5c4n(c23)[CH-]N5c2[c-]c(Oc3[c-]c4c(cc3)c3ccccc3n4-c3cc(C(C)(C)C)ccn3)cc([Si](C)(C)C)c2)cc(C(C)(C)C)c1)C(C)(C)C.[Pt]. The summed E-state index contributed by atoms with van der Waals surface area (Å²) in [5.41, 5.74) is 9.88. The molecule has 0 aliphatic carbocycles. The smallest absolute Gasteiger partial charge is 0.135 e. The van der Waals surface area contributed by atoms with Crippen molar-refractivity contribution in [3.8, 4) is 28.4 Å². The Morgan fingerprint density at radius 1 is 0.571 bits per heavy atom. The Morgan fingerprint density at radius 2 is 1.18 bits per heavy atom. The molecular weight excluding hydrogens is 1140 g/mol. The zero-order valence-corrected chi connectivity index (χ0v) is 49.5. The minimum atomic E-state index is -2.00. The van der Waals surface area contributed by atoms with Crippen molar-refractivity contribution < 1.29 is 28.5 Å². The molecular formula is C70H67N4OPtSi-3. The molecule has 0 radical (unpaired) electrons. The van der Waals surface area contributed by atoms with E-state index >= 15 is 0 Å². The fourth-order valence-corrected chi connectivity index (χ4v) is 12.3. The number of anilines is 2. The number of pyridine rings is 1. The molecule has 4 heterocycles. The summed E-state index contributed by atoms with van der Waals surface area (Å²) in [5.74, 6) is 2.04. The fraction of sp³-hybridized carbons (Fsp3) is 0.229. The van der Waals surface area contributed by atoms with Crippen LogP contribution in [0.1, 0.15) is 81.7 Å². The van der Waals surface area contributed by atoms with Gasteiger partial charge in [0.25, 0.3) is 0 Å². The van der Waals surface area contributed by atoms with Crippen LogP contribution >= 0.6 is 0 Å². The summed E-state index contributed by atoms with van der Waals surface area (Å²) in [6, 6.07) is 66.3. The van der Waals surface area contributed by atoms with Crippen LogP contribution in [0.5, 0.6) is 11.5 Å². The first-order valence-electron chi connectivity index (χ1n) is 27.7. The van der Waals surface area contributed by atoms with E-state index in [2.05, 4.69) is 252 Å². The number of hydrogen-bond donors (Lipinski definition) is 0.